The lowest BCUT2D eigenvalue weighted by Crippen LogP contribution is -2.35. The van der Waals surface area contributed by atoms with Crippen molar-refractivity contribution >= 4 is 33.0 Å². The summed E-state index contributed by atoms with van der Waals surface area (Å²) < 4.78 is 27.8. The Morgan fingerprint density at radius 2 is 1.74 bits per heavy atom. The number of non-ortho nitro benzene ring substituents is 1. The number of para-hydroxylation sites is 1. The maximum absolute atomic E-state index is 13.2. The van der Waals surface area contributed by atoms with Crippen LogP contribution in [-0.4, -0.2) is 25.8 Å². The second-order valence-electron chi connectivity index (χ2n) is 7.10. The number of nitro benzene ring substituents is 1. The zero-order chi connectivity index (χ0) is 22.0. The lowest BCUT2D eigenvalue weighted by Gasteiger charge is -2.30. The molecule has 0 saturated heterocycles. The van der Waals surface area contributed by atoms with Crippen molar-refractivity contribution in [2.45, 2.75) is 17.7 Å². The van der Waals surface area contributed by atoms with Crippen molar-refractivity contribution in [2.24, 2.45) is 0 Å². The van der Waals surface area contributed by atoms with E-state index in [2.05, 4.69) is 5.32 Å². The van der Waals surface area contributed by atoms with Crippen LogP contribution in [0.3, 0.4) is 0 Å². The standard InChI is InChI=1S/C22H19N3O5S/c26-22(17-6-3-8-19(15-17)25(27)28)23-18-10-12-20(13-11-18)31(29,30)24-14-4-7-16-5-1-2-9-21(16)24/h1-3,5-6,8-13,15H,4,7,14H2,(H,23,26). The van der Waals surface area contributed by atoms with Gasteiger partial charge in [0.05, 0.1) is 15.5 Å². The Kier molecular flexibility index (Phi) is 5.43. The Labute approximate surface area is 179 Å². The van der Waals surface area contributed by atoms with Crippen molar-refractivity contribution in [3.63, 3.8) is 0 Å². The monoisotopic (exact) mass is 437 g/mol. The number of amides is 1. The molecule has 3 aromatic carbocycles. The Balaban J connectivity index is 1.54. The fraction of sp³-hybridized carbons (Fsp3) is 0.136. The summed E-state index contributed by atoms with van der Waals surface area (Å²) in [5.74, 6) is -0.524. The first-order chi connectivity index (χ1) is 14.9. The zero-order valence-electron chi connectivity index (χ0n) is 16.4. The highest BCUT2D eigenvalue weighted by molar-refractivity contribution is 7.92. The predicted octanol–water partition coefficient (Wildman–Crippen LogP) is 3.99. The van der Waals surface area contributed by atoms with Gasteiger partial charge in [-0.05, 0) is 54.8 Å². The van der Waals surface area contributed by atoms with E-state index in [9.17, 15) is 23.3 Å². The summed E-state index contributed by atoms with van der Waals surface area (Å²) in [6.07, 6.45) is 1.58. The van der Waals surface area contributed by atoms with E-state index in [0.29, 0.717) is 17.9 Å². The maximum Gasteiger partial charge on any atom is 0.270 e. The van der Waals surface area contributed by atoms with Crippen LogP contribution in [0.25, 0.3) is 0 Å². The van der Waals surface area contributed by atoms with Gasteiger partial charge in [0.1, 0.15) is 0 Å². The van der Waals surface area contributed by atoms with Gasteiger partial charge in [-0.3, -0.25) is 19.2 Å². The number of carbonyl (C=O) groups excluding carboxylic acids is 1. The molecule has 1 aliphatic heterocycles. The molecular formula is C22H19N3O5S. The predicted molar refractivity (Wildman–Crippen MR) is 117 cm³/mol. The summed E-state index contributed by atoms with van der Waals surface area (Å²) in [6.45, 7) is 0.407. The summed E-state index contributed by atoms with van der Waals surface area (Å²) in [5, 5.41) is 13.5. The molecule has 8 nitrogen and oxygen atoms in total. The smallest absolute Gasteiger partial charge is 0.270 e. The van der Waals surface area contributed by atoms with Gasteiger partial charge < -0.3 is 5.32 Å². The Bertz CT molecular complexity index is 1260. The SMILES string of the molecule is O=C(Nc1ccc(S(=O)(=O)N2CCCc3ccccc32)cc1)c1cccc([N+](=O)[O-])c1. The lowest BCUT2D eigenvalue weighted by atomic mass is 10.0. The third kappa shape index (κ3) is 4.13. The molecule has 0 spiro atoms. The van der Waals surface area contributed by atoms with Gasteiger partial charge in [-0.25, -0.2) is 8.42 Å². The molecule has 31 heavy (non-hydrogen) atoms. The topological polar surface area (TPSA) is 110 Å². The average Bonchev–Trinajstić information content (AvgIpc) is 2.79. The van der Waals surface area contributed by atoms with E-state index in [4.69, 9.17) is 0 Å². The normalized spacial score (nSPS) is 13.4. The molecule has 0 atom stereocenters. The van der Waals surface area contributed by atoms with Crippen molar-refractivity contribution in [3.05, 3.63) is 94.0 Å². The van der Waals surface area contributed by atoms with Crippen LogP contribution in [-0.2, 0) is 16.4 Å². The largest absolute Gasteiger partial charge is 0.322 e. The van der Waals surface area contributed by atoms with Crippen molar-refractivity contribution in [1.29, 1.82) is 0 Å². The van der Waals surface area contributed by atoms with E-state index in [0.717, 1.165) is 18.4 Å². The van der Waals surface area contributed by atoms with Gasteiger partial charge in [0.25, 0.3) is 21.6 Å². The van der Waals surface area contributed by atoms with E-state index in [-0.39, 0.29) is 16.1 Å². The van der Waals surface area contributed by atoms with Crippen LogP contribution in [0.5, 0.6) is 0 Å². The van der Waals surface area contributed by atoms with Crippen molar-refractivity contribution in [1.82, 2.24) is 0 Å². The minimum Gasteiger partial charge on any atom is -0.322 e. The number of carbonyl (C=O) groups is 1. The minimum atomic E-state index is -3.74. The molecule has 9 heteroatoms. The maximum atomic E-state index is 13.2. The number of benzene rings is 3. The van der Waals surface area contributed by atoms with Gasteiger partial charge >= 0.3 is 0 Å². The fourth-order valence-corrected chi connectivity index (χ4v) is 5.09. The highest BCUT2D eigenvalue weighted by Gasteiger charge is 2.28. The van der Waals surface area contributed by atoms with E-state index in [1.54, 1.807) is 6.07 Å². The van der Waals surface area contributed by atoms with Crippen LogP contribution in [0.1, 0.15) is 22.3 Å². The van der Waals surface area contributed by atoms with Crippen molar-refractivity contribution in [3.8, 4) is 0 Å². The number of nitrogens with zero attached hydrogens (tertiary/aromatic N) is 2. The first kappa shape index (κ1) is 20.5. The van der Waals surface area contributed by atoms with E-state index in [1.165, 1.54) is 52.8 Å². The highest BCUT2D eigenvalue weighted by Crippen LogP contribution is 2.32. The van der Waals surface area contributed by atoms with Crippen LogP contribution < -0.4 is 9.62 Å². The van der Waals surface area contributed by atoms with Crippen LogP contribution in [0.4, 0.5) is 17.1 Å². The molecule has 0 fully saturated rings. The summed E-state index contributed by atoms with van der Waals surface area (Å²) in [4.78, 5) is 22.8. The summed E-state index contributed by atoms with van der Waals surface area (Å²) in [6, 6.07) is 18.7. The summed E-state index contributed by atoms with van der Waals surface area (Å²) in [7, 11) is -3.74. The number of nitrogens with one attached hydrogen (secondary N) is 1. The number of sulfonamides is 1. The third-order valence-electron chi connectivity index (χ3n) is 5.09. The first-order valence-corrected chi connectivity index (χ1v) is 11.1. The first-order valence-electron chi connectivity index (χ1n) is 9.63. The second-order valence-corrected chi connectivity index (χ2v) is 8.96. The van der Waals surface area contributed by atoms with E-state index < -0.39 is 20.9 Å². The number of rotatable bonds is 5. The van der Waals surface area contributed by atoms with Crippen LogP contribution in [0.2, 0.25) is 0 Å². The molecule has 4 rings (SSSR count). The molecular weight excluding hydrogens is 418 g/mol. The van der Waals surface area contributed by atoms with Crippen LogP contribution >= 0.6 is 0 Å². The second kappa shape index (κ2) is 8.19. The molecule has 0 unspecified atom stereocenters. The van der Waals surface area contributed by atoms with Gasteiger partial charge in [0, 0.05) is 29.9 Å². The molecule has 0 aliphatic carbocycles. The third-order valence-corrected chi connectivity index (χ3v) is 6.91. The fourth-order valence-electron chi connectivity index (χ4n) is 3.55. The van der Waals surface area contributed by atoms with Crippen molar-refractivity contribution < 1.29 is 18.1 Å². The molecule has 0 saturated carbocycles. The molecule has 0 radical (unpaired) electrons. The molecule has 0 bridgehead atoms. The quantitative estimate of drug-likeness (QED) is 0.479. The Morgan fingerprint density at radius 1 is 1.00 bits per heavy atom. The molecule has 0 aromatic heterocycles. The van der Waals surface area contributed by atoms with Gasteiger partial charge in [-0.15, -0.1) is 0 Å². The number of hydrogen-bond acceptors (Lipinski definition) is 5. The molecule has 1 heterocycles. The number of nitro groups is 1. The average molecular weight is 437 g/mol. The number of aryl methyl sites for hydroxylation is 1. The van der Waals surface area contributed by atoms with Gasteiger partial charge in [-0.1, -0.05) is 24.3 Å². The molecule has 3 aromatic rings. The van der Waals surface area contributed by atoms with Crippen LogP contribution in [0, 0.1) is 10.1 Å². The molecule has 1 amide bonds. The van der Waals surface area contributed by atoms with E-state index >= 15 is 0 Å². The van der Waals surface area contributed by atoms with E-state index in [1.807, 2.05) is 18.2 Å². The Hall–Kier alpha value is -3.72. The number of anilines is 2. The minimum absolute atomic E-state index is 0.123. The van der Waals surface area contributed by atoms with Gasteiger partial charge in [0.2, 0.25) is 0 Å². The zero-order valence-corrected chi connectivity index (χ0v) is 17.2. The van der Waals surface area contributed by atoms with Crippen LogP contribution in [0.15, 0.2) is 77.7 Å². The van der Waals surface area contributed by atoms with Gasteiger partial charge in [-0.2, -0.15) is 0 Å². The number of fused-ring (bicyclic) bond motifs is 1. The molecule has 158 valence electrons. The summed E-state index contributed by atoms with van der Waals surface area (Å²) in [5.41, 5.74) is 2.02. The highest BCUT2D eigenvalue weighted by atomic mass is 32.2. The lowest BCUT2D eigenvalue weighted by molar-refractivity contribution is -0.384. The number of hydrogen-bond donors (Lipinski definition) is 1. The Morgan fingerprint density at radius 3 is 2.48 bits per heavy atom. The summed E-state index contributed by atoms with van der Waals surface area (Å²) >= 11 is 0. The van der Waals surface area contributed by atoms with Gasteiger partial charge in [0.15, 0.2) is 0 Å². The van der Waals surface area contributed by atoms with Crippen molar-refractivity contribution in [2.75, 3.05) is 16.2 Å². The molecule has 1 aliphatic rings. The molecule has 1 N–H and O–H groups in total.